The summed E-state index contributed by atoms with van der Waals surface area (Å²) >= 11 is 0. The highest BCUT2D eigenvalue weighted by Gasteiger charge is 2.41. The molecule has 7 heteroatoms. The quantitative estimate of drug-likeness (QED) is 0.594. The molecule has 3 rings (SSSR count). The molecule has 1 aliphatic rings. The first-order valence-electron chi connectivity index (χ1n) is 11.3. The minimum Gasteiger partial charge on any atom is -0.497 e. The highest BCUT2D eigenvalue weighted by Crippen LogP contribution is 2.40. The molecule has 1 aliphatic carbocycles. The lowest BCUT2D eigenvalue weighted by atomic mass is 9.68. The molecule has 1 amide bonds. The number of sulfonamides is 1. The fourth-order valence-corrected chi connectivity index (χ4v) is 6.03. The maximum Gasteiger partial charge on any atom is 0.230 e. The SMILES string of the molecule is COc1ccc(C2(C(=O)NCc3ccccc3CS(=O)(=O)NC(C)C)CCCCC2)cc1. The smallest absolute Gasteiger partial charge is 0.230 e. The number of carbonyl (C=O) groups is 1. The van der Waals surface area contributed by atoms with Crippen molar-refractivity contribution in [2.75, 3.05) is 7.11 Å². The summed E-state index contributed by atoms with van der Waals surface area (Å²) in [6.45, 7) is 3.89. The van der Waals surface area contributed by atoms with Crippen LogP contribution in [-0.4, -0.2) is 27.5 Å². The zero-order valence-corrected chi connectivity index (χ0v) is 20.0. The molecule has 0 atom stereocenters. The molecule has 0 unspecified atom stereocenters. The van der Waals surface area contributed by atoms with Gasteiger partial charge >= 0.3 is 0 Å². The molecule has 32 heavy (non-hydrogen) atoms. The van der Waals surface area contributed by atoms with E-state index in [-0.39, 0.29) is 17.7 Å². The van der Waals surface area contributed by atoms with Crippen LogP contribution in [0.1, 0.15) is 62.6 Å². The van der Waals surface area contributed by atoms with Gasteiger partial charge in [-0.3, -0.25) is 4.79 Å². The van der Waals surface area contributed by atoms with E-state index >= 15 is 0 Å². The van der Waals surface area contributed by atoms with Gasteiger partial charge in [0.05, 0.1) is 18.3 Å². The van der Waals surface area contributed by atoms with Crippen LogP contribution in [0.3, 0.4) is 0 Å². The van der Waals surface area contributed by atoms with E-state index < -0.39 is 15.4 Å². The zero-order chi connectivity index (χ0) is 23.2. The number of benzene rings is 2. The van der Waals surface area contributed by atoms with Gasteiger partial charge in [-0.05, 0) is 55.5 Å². The van der Waals surface area contributed by atoms with Crippen LogP contribution < -0.4 is 14.8 Å². The molecule has 2 N–H and O–H groups in total. The molecule has 0 heterocycles. The molecule has 1 fully saturated rings. The minimum atomic E-state index is -3.45. The average molecular weight is 459 g/mol. The molecule has 2 aromatic rings. The van der Waals surface area contributed by atoms with E-state index in [4.69, 9.17) is 4.74 Å². The number of rotatable bonds is 9. The first-order chi connectivity index (χ1) is 15.3. The van der Waals surface area contributed by atoms with Crippen molar-refractivity contribution in [3.8, 4) is 5.75 Å². The molecule has 0 radical (unpaired) electrons. The van der Waals surface area contributed by atoms with E-state index in [1.165, 1.54) is 0 Å². The van der Waals surface area contributed by atoms with Crippen molar-refractivity contribution in [2.45, 2.75) is 69.7 Å². The van der Waals surface area contributed by atoms with Crippen LogP contribution >= 0.6 is 0 Å². The Morgan fingerprint density at radius 3 is 2.22 bits per heavy atom. The summed E-state index contributed by atoms with van der Waals surface area (Å²) < 4.78 is 32.8. The Labute approximate surface area is 191 Å². The normalized spacial score (nSPS) is 16.0. The third kappa shape index (κ3) is 5.90. The molecule has 174 valence electrons. The first-order valence-corrected chi connectivity index (χ1v) is 12.9. The minimum absolute atomic E-state index is 0.000308. The second kappa shape index (κ2) is 10.5. The van der Waals surface area contributed by atoms with Crippen LogP contribution in [-0.2, 0) is 32.5 Å². The summed E-state index contributed by atoms with van der Waals surface area (Å²) in [4.78, 5) is 13.5. The largest absolute Gasteiger partial charge is 0.497 e. The Hall–Kier alpha value is -2.38. The number of hydrogen-bond donors (Lipinski definition) is 2. The zero-order valence-electron chi connectivity index (χ0n) is 19.2. The van der Waals surface area contributed by atoms with Crippen LogP contribution in [0.25, 0.3) is 0 Å². The summed E-state index contributed by atoms with van der Waals surface area (Å²) in [7, 11) is -1.82. The predicted molar refractivity (Wildman–Crippen MR) is 127 cm³/mol. The van der Waals surface area contributed by atoms with E-state index in [0.717, 1.165) is 49.0 Å². The molecule has 0 spiro atoms. The third-order valence-corrected chi connectivity index (χ3v) is 7.62. The Balaban J connectivity index is 1.78. The van der Waals surface area contributed by atoms with Crippen molar-refractivity contribution >= 4 is 15.9 Å². The number of hydrogen-bond acceptors (Lipinski definition) is 4. The lowest BCUT2D eigenvalue weighted by Crippen LogP contribution is -2.45. The Kier molecular flexibility index (Phi) is 7.96. The highest BCUT2D eigenvalue weighted by molar-refractivity contribution is 7.88. The summed E-state index contributed by atoms with van der Waals surface area (Å²) in [5.41, 5.74) is 1.95. The lowest BCUT2D eigenvalue weighted by Gasteiger charge is -2.36. The highest BCUT2D eigenvalue weighted by atomic mass is 32.2. The fraction of sp³-hybridized carbons (Fsp3) is 0.480. The van der Waals surface area contributed by atoms with Gasteiger partial charge in [0.25, 0.3) is 0 Å². The summed E-state index contributed by atoms with van der Waals surface area (Å²) in [5, 5.41) is 3.12. The van der Waals surface area contributed by atoms with E-state index in [9.17, 15) is 13.2 Å². The number of nitrogens with one attached hydrogen (secondary N) is 2. The van der Waals surface area contributed by atoms with Gasteiger partial charge in [0.2, 0.25) is 15.9 Å². The van der Waals surface area contributed by atoms with Crippen LogP contribution in [0.2, 0.25) is 0 Å². The number of methoxy groups -OCH3 is 1. The van der Waals surface area contributed by atoms with Gasteiger partial charge in [-0.15, -0.1) is 0 Å². The van der Waals surface area contributed by atoms with Crippen LogP contribution in [0.15, 0.2) is 48.5 Å². The Morgan fingerprint density at radius 2 is 1.62 bits per heavy atom. The molecule has 0 bridgehead atoms. The van der Waals surface area contributed by atoms with Crippen LogP contribution in [0.5, 0.6) is 5.75 Å². The van der Waals surface area contributed by atoms with E-state index in [1.54, 1.807) is 27.0 Å². The van der Waals surface area contributed by atoms with Gasteiger partial charge < -0.3 is 10.1 Å². The number of ether oxygens (including phenoxy) is 1. The number of carbonyl (C=O) groups excluding carboxylic acids is 1. The fourth-order valence-electron chi connectivity index (χ4n) is 4.53. The average Bonchev–Trinajstić information content (AvgIpc) is 2.77. The Morgan fingerprint density at radius 1 is 1.00 bits per heavy atom. The van der Waals surface area contributed by atoms with Gasteiger partial charge in [0.1, 0.15) is 5.75 Å². The summed E-state index contributed by atoms with van der Waals surface area (Å²) in [6, 6.07) is 15.0. The van der Waals surface area contributed by atoms with Crippen molar-refractivity contribution in [3.63, 3.8) is 0 Å². The molecular formula is C25H34N2O4S. The van der Waals surface area contributed by atoms with E-state index in [1.807, 2.05) is 42.5 Å². The maximum absolute atomic E-state index is 13.5. The topological polar surface area (TPSA) is 84.5 Å². The van der Waals surface area contributed by atoms with Crippen molar-refractivity contribution in [3.05, 3.63) is 65.2 Å². The summed E-state index contributed by atoms with van der Waals surface area (Å²) in [6.07, 6.45) is 4.76. The Bertz CT molecular complexity index is 1010. The molecule has 2 aromatic carbocycles. The molecule has 0 aliphatic heterocycles. The van der Waals surface area contributed by atoms with Crippen LogP contribution in [0.4, 0.5) is 0 Å². The van der Waals surface area contributed by atoms with E-state index in [0.29, 0.717) is 12.1 Å². The first kappa shape index (κ1) is 24.3. The maximum atomic E-state index is 13.5. The van der Waals surface area contributed by atoms with Gasteiger partial charge in [-0.1, -0.05) is 55.7 Å². The van der Waals surface area contributed by atoms with Gasteiger partial charge in [-0.2, -0.15) is 0 Å². The molecule has 0 aromatic heterocycles. The molecule has 6 nitrogen and oxygen atoms in total. The second-order valence-corrected chi connectivity index (χ2v) is 10.6. The van der Waals surface area contributed by atoms with Crippen molar-refractivity contribution in [1.29, 1.82) is 0 Å². The van der Waals surface area contributed by atoms with E-state index in [2.05, 4.69) is 10.0 Å². The van der Waals surface area contributed by atoms with Crippen LogP contribution in [0, 0.1) is 0 Å². The lowest BCUT2D eigenvalue weighted by molar-refractivity contribution is -0.128. The molecule has 1 saturated carbocycles. The van der Waals surface area contributed by atoms with Gasteiger partial charge in [-0.25, -0.2) is 13.1 Å². The molecule has 0 saturated heterocycles. The van der Waals surface area contributed by atoms with Gasteiger partial charge in [0.15, 0.2) is 0 Å². The van der Waals surface area contributed by atoms with Crippen molar-refractivity contribution in [2.24, 2.45) is 0 Å². The standard InChI is InChI=1S/C25H34N2O4S/c1-19(2)27-32(29,30)18-21-10-6-5-9-20(21)17-26-24(28)25(15-7-4-8-16-25)22-11-13-23(31-3)14-12-22/h5-6,9-14,19,27H,4,7-8,15-18H2,1-3H3,(H,26,28). The summed E-state index contributed by atoms with van der Waals surface area (Å²) in [5.74, 6) is 0.659. The number of amides is 1. The predicted octanol–water partition coefficient (Wildman–Crippen LogP) is 4.04. The third-order valence-electron chi connectivity index (χ3n) is 6.10. The monoisotopic (exact) mass is 458 g/mol. The van der Waals surface area contributed by atoms with Gasteiger partial charge in [0, 0.05) is 12.6 Å². The van der Waals surface area contributed by atoms with Crippen molar-refractivity contribution in [1.82, 2.24) is 10.0 Å². The molecular weight excluding hydrogens is 424 g/mol. The second-order valence-electron chi connectivity index (χ2n) is 8.85. The van der Waals surface area contributed by atoms with Crippen molar-refractivity contribution < 1.29 is 17.9 Å².